The molecule has 2 nitrogen and oxygen atoms in total. The average molecular weight is 333 g/mol. The van der Waals surface area contributed by atoms with Gasteiger partial charge in [-0.1, -0.05) is 0 Å². The zero-order valence-electron chi connectivity index (χ0n) is 8.95. The highest BCUT2D eigenvalue weighted by Crippen LogP contribution is 2.23. The van der Waals surface area contributed by atoms with Crippen molar-refractivity contribution >= 4 is 33.0 Å². The molecule has 0 unspecified atom stereocenters. The highest BCUT2D eigenvalue weighted by atomic mass is 79.9. The second kappa shape index (κ2) is 5.58. The predicted molar refractivity (Wildman–Crippen MR) is 68.2 cm³/mol. The number of hydrogen-bond acceptors (Lipinski definition) is 3. The SMILES string of the molecule is O=C(COc1cc(F)cc(F)c1)c1ccc(Br)s1. The fourth-order valence-corrected chi connectivity index (χ4v) is 2.61. The number of benzene rings is 1. The molecule has 0 atom stereocenters. The largest absolute Gasteiger partial charge is 0.485 e. The summed E-state index contributed by atoms with van der Waals surface area (Å²) >= 11 is 4.52. The Kier molecular flexibility index (Phi) is 4.08. The van der Waals surface area contributed by atoms with E-state index in [0.717, 1.165) is 22.0 Å². The Morgan fingerprint density at radius 3 is 2.44 bits per heavy atom. The molecule has 1 aromatic heterocycles. The van der Waals surface area contributed by atoms with Crippen LogP contribution in [0.1, 0.15) is 9.67 Å². The van der Waals surface area contributed by atoms with Crippen LogP contribution in [-0.4, -0.2) is 12.4 Å². The molecule has 0 aliphatic carbocycles. The summed E-state index contributed by atoms with van der Waals surface area (Å²) in [6, 6.07) is 6.21. The minimum atomic E-state index is -0.740. The van der Waals surface area contributed by atoms with E-state index in [9.17, 15) is 13.6 Å². The van der Waals surface area contributed by atoms with Crippen molar-refractivity contribution in [3.8, 4) is 5.75 Å². The molecule has 2 rings (SSSR count). The molecular formula is C12H7BrF2O2S. The third kappa shape index (κ3) is 3.36. The molecule has 94 valence electrons. The molecule has 0 N–H and O–H groups in total. The van der Waals surface area contributed by atoms with Gasteiger partial charge >= 0.3 is 0 Å². The van der Waals surface area contributed by atoms with Gasteiger partial charge in [0.05, 0.1) is 8.66 Å². The Morgan fingerprint density at radius 1 is 1.22 bits per heavy atom. The summed E-state index contributed by atoms with van der Waals surface area (Å²) in [7, 11) is 0. The number of Topliss-reactive ketones (excluding diaryl/α,β-unsaturated/α-hetero) is 1. The lowest BCUT2D eigenvalue weighted by molar-refractivity contribution is 0.0925. The van der Waals surface area contributed by atoms with Gasteiger partial charge in [-0.25, -0.2) is 8.78 Å². The first-order chi connectivity index (χ1) is 8.54. The van der Waals surface area contributed by atoms with Crippen molar-refractivity contribution in [1.82, 2.24) is 0 Å². The van der Waals surface area contributed by atoms with Gasteiger partial charge in [0.25, 0.3) is 0 Å². The van der Waals surface area contributed by atoms with Gasteiger partial charge in [0.2, 0.25) is 5.78 Å². The number of halogens is 3. The summed E-state index contributed by atoms with van der Waals surface area (Å²) < 4.78 is 31.6. The van der Waals surface area contributed by atoms with Crippen LogP contribution >= 0.6 is 27.3 Å². The van der Waals surface area contributed by atoms with E-state index in [-0.39, 0.29) is 18.1 Å². The van der Waals surface area contributed by atoms with Gasteiger partial charge in [-0.3, -0.25) is 4.79 Å². The highest BCUT2D eigenvalue weighted by Gasteiger charge is 2.10. The Morgan fingerprint density at radius 2 is 1.89 bits per heavy atom. The normalized spacial score (nSPS) is 10.4. The van der Waals surface area contributed by atoms with E-state index < -0.39 is 11.6 Å². The molecule has 0 saturated heterocycles. The van der Waals surface area contributed by atoms with Crippen molar-refractivity contribution in [3.05, 3.63) is 50.6 Å². The van der Waals surface area contributed by atoms with Gasteiger partial charge in [0, 0.05) is 18.2 Å². The number of ether oxygens (including phenoxy) is 1. The van der Waals surface area contributed by atoms with Crippen molar-refractivity contribution in [1.29, 1.82) is 0 Å². The Bertz CT molecular complexity index is 563. The summed E-state index contributed by atoms with van der Waals surface area (Å²) in [6.45, 7) is -0.254. The Balaban J connectivity index is 2.01. The second-order valence-electron chi connectivity index (χ2n) is 3.42. The maximum Gasteiger partial charge on any atom is 0.210 e. The summed E-state index contributed by atoms with van der Waals surface area (Å²) in [5, 5.41) is 0. The number of rotatable bonds is 4. The number of carbonyl (C=O) groups excluding carboxylic acids is 1. The fraction of sp³-hybridized carbons (Fsp3) is 0.0833. The maximum absolute atomic E-state index is 12.9. The van der Waals surface area contributed by atoms with E-state index in [2.05, 4.69) is 15.9 Å². The molecule has 6 heteroatoms. The molecule has 0 radical (unpaired) electrons. The number of hydrogen-bond donors (Lipinski definition) is 0. The van der Waals surface area contributed by atoms with Crippen LogP contribution in [0.15, 0.2) is 34.1 Å². The minimum absolute atomic E-state index is 0.00327. The molecular weight excluding hydrogens is 326 g/mol. The average Bonchev–Trinajstić information content (AvgIpc) is 2.71. The summed E-state index contributed by atoms with van der Waals surface area (Å²) in [4.78, 5) is 12.2. The predicted octanol–water partition coefficient (Wildman–Crippen LogP) is 4.05. The lowest BCUT2D eigenvalue weighted by Crippen LogP contribution is -2.10. The summed E-state index contributed by atoms with van der Waals surface area (Å²) in [5.74, 6) is -1.72. The van der Waals surface area contributed by atoms with Gasteiger partial charge in [0.1, 0.15) is 17.4 Å². The van der Waals surface area contributed by atoms with Crippen LogP contribution in [0.3, 0.4) is 0 Å². The summed E-state index contributed by atoms with van der Waals surface area (Å²) in [6.07, 6.45) is 0. The van der Waals surface area contributed by atoms with Crippen LogP contribution in [0.2, 0.25) is 0 Å². The zero-order valence-corrected chi connectivity index (χ0v) is 11.4. The van der Waals surface area contributed by atoms with Crippen LogP contribution in [0, 0.1) is 11.6 Å². The van der Waals surface area contributed by atoms with Crippen LogP contribution in [0.4, 0.5) is 8.78 Å². The van der Waals surface area contributed by atoms with Crippen molar-refractivity contribution < 1.29 is 18.3 Å². The molecule has 0 amide bonds. The van der Waals surface area contributed by atoms with Gasteiger partial charge in [-0.05, 0) is 28.1 Å². The number of ketones is 1. The molecule has 2 aromatic rings. The van der Waals surface area contributed by atoms with Crippen molar-refractivity contribution in [2.75, 3.05) is 6.61 Å². The fourth-order valence-electron chi connectivity index (χ4n) is 1.30. The van der Waals surface area contributed by atoms with Crippen molar-refractivity contribution in [2.24, 2.45) is 0 Å². The number of thiophene rings is 1. The smallest absolute Gasteiger partial charge is 0.210 e. The van der Waals surface area contributed by atoms with Gasteiger partial charge in [0.15, 0.2) is 6.61 Å². The Labute approximate surface area is 114 Å². The van der Waals surface area contributed by atoms with E-state index in [1.54, 1.807) is 12.1 Å². The monoisotopic (exact) mass is 332 g/mol. The molecule has 0 bridgehead atoms. The molecule has 1 heterocycles. The van der Waals surface area contributed by atoms with Crippen molar-refractivity contribution in [2.45, 2.75) is 0 Å². The molecule has 0 saturated carbocycles. The first-order valence-electron chi connectivity index (χ1n) is 4.92. The van der Waals surface area contributed by atoms with Crippen LogP contribution in [-0.2, 0) is 0 Å². The molecule has 1 aromatic carbocycles. The molecule has 0 aliphatic heterocycles. The van der Waals surface area contributed by atoms with Crippen LogP contribution < -0.4 is 4.74 Å². The molecule has 0 spiro atoms. The second-order valence-corrected chi connectivity index (χ2v) is 5.88. The van der Waals surface area contributed by atoms with Gasteiger partial charge in [-0.15, -0.1) is 11.3 Å². The van der Waals surface area contributed by atoms with Gasteiger partial charge < -0.3 is 4.74 Å². The third-order valence-electron chi connectivity index (χ3n) is 2.05. The van der Waals surface area contributed by atoms with Crippen molar-refractivity contribution in [3.63, 3.8) is 0 Å². The van der Waals surface area contributed by atoms with E-state index in [4.69, 9.17) is 4.74 Å². The summed E-state index contributed by atoms with van der Waals surface area (Å²) in [5.41, 5.74) is 0. The van der Waals surface area contributed by atoms with Crippen LogP contribution in [0.25, 0.3) is 0 Å². The Hall–Kier alpha value is -1.27. The minimum Gasteiger partial charge on any atom is -0.485 e. The van der Waals surface area contributed by atoms with Gasteiger partial charge in [-0.2, -0.15) is 0 Å². The topological polar surface area (TPSA) is 26.3 Å². The zero-order chi connectivity index (χ0) is 13.1. The highest BCUT2D eigenvalue weighted by molar-refractivity contribution is 9.11. The van der Waals surface area contributed by atoms with E-state index in [1.807, 2.05) is 0 Å². The number of carbonyl (C=O) groups is 1. The standard InChI is InChI=1S/C12H7BrF2O2S/c13-12-2-1-11(18-12)10(16)6-17-9-4-7(14)3-8(15)5-9/h1-5H,6H2. The first-order valence-corrected chi connectivity index (χ1v) is 6.53. The third-order valence-corrected chi connectivity index (χ3v) is 3.72. The lowest BCUT2D eigenvalue weighted by atomic mass is 10.3. The van der Waals surface area contributed by atoms with E-state index >= 15 is 0 Å². The first kappa shape index (κ1) is 13.2. The van der Waals surface area contributed by atoms with Crippen LogP contribution in [0.5, 0.6) is 5.75 Å². The quantitative estimate of drug-likeness (QED) is 0.789. The molecule has 0 fully saturated rings. The maximum atomic E-state index is 12.9. The van der Waals surface area contributed by atoms with E-state index in [0.29, 0.717) is 4.88 Å². The molecule has 18 heavy (non-hydrogen) atoms. The molecule has 0 aliphatic rings. The van der Waals surface area contributed by atoms with E-state index in [1.165, 1.54) is 11.3 Å². The lowest BCUT2D eigenvalue weighted by Gasteiger charge is -2.04.